The maximum absolute atomic E-state index is 9.91. The summed E-state index contributed by atoms with van der Waals surface area (Å²) in [6.07, 6.45) is 0.903. The van der Waals surface area contributed by atoms with E-state index in [4.69, 9.17) is 8.83 Å². The van der Waals surface area contributed by atoms with Gasteiger partial charge < -0.3 is 19.3 Å². The molecule has 0 saturated carbocycles. The van der Waals surface area contributed by atoms with Gasteiger partial charge in [0.25, 0.3) is 0 Å². The summed E-state index contributed by atoms with van der Waals surface area (Å²) >= 11 is 0. The Kier molecular flexibility index (Phi) is 4.42. The SMILES string of the molecule is Cc1ccc(-c2ccc(CNCC(O)c3ccco3)o2)cc1. The molecule has 0 spiro atoms. The Hall–Kier alpha value is -2.30. The molecule has 0 amide bonds. The summed E-state index contributed by atoms with van der Waals surface area (Å²) in [7, 11) is 0. The van der Waals surface area contributed by atoms with E-state index >= 15 is 0 Å². The van der Waals surface area contributed by atoms with E-state index in [2.05, 4.69) is 24.4 Å². The van der Waals surface area contributed by atoms with Gasteiger partial charge in [-0.15, -0.1) is 0 Å². The fraction of sp³-hybridized carbons (Fsp3) is 0.222. The van der Waals surface area contributed by atoms with Crippen molar-refractivity contribution in [3.05, 3.63) is 71.9 Å². The van der Waals surface area contributed by atoms with E-state index in [-0.39, 0.29) is 0 Å². The average molecular weight is 297 g/mol. The summed E-state index contributed by atoms with van der Waals surface area (Å²) in [5, 5.41) is 13.1. The van der Waals surface area contributed by atoms with Gasteiger partial charge in [0.05, 0.1) is 12.8 Å². The van der Waals surface area contributed by atoms with Crippen LogP contribution in [0.5, 0.6) is 0 Å². The van der Waals surface area contributed by atoms with Gasteiger partial charge in [0, 0.05) is 12.1 Å². The van der Waals surface area contributed by atoms with E-state index in [1.165, 1.54) is 5.56 Å². The van der Waals surface area contributed by atoms with Gasteiger partial charge in [0.2, 0.25) is 0 Å². The van der Waals surface area contributed by atoms with Crippen LogP contribution in [0.25, 0.3) is 11.3 Å². The minimum Gasteiger partial charge on any atom is -0.467 e. The quantitative estimate of drug-likeness (QED) is 0.729. The summed E-state index contributed by atoms with van der Waals surface area (Å²) < 4.78 is 11.0. The van der Waals surface area contributed by atoms with Gasteiger partial charge >= 0.3 is 0 Å². The highest BCUT2D eigenvalue weighted by atomic mass is 16.4. The highest BCUT2D eigenvalue weighted by Crippen LogP contribution is 2.22. The molecule has 0 aliphatic heterocycles. The Morgan fingerprint density at radius 2 is 1.91 bits per heavy atom. The van der Waals surface area contributed by atoms with Crippen molar-refractivity contribution in [3.63, 3.8) is 0 Å². The van der Waals surface area contributed by atoms with Crippen molar-refractivity contribution in [1.29, 1.82) is 0 Å². The first-order chi connectivity index (χ1) is 10.7. The number of benzene rings is 1. The summed E-state index contributed by atoms with van der Waals surface area (Å²) in [5.41, 5.74) is 2.29. The van der Waals surface area contributed by atoms with Crippen LogP contribution in [-0.4, -0.2) is 11.7 Å². The molecular weight excluding hydrogens is 278 g/mol. The molecule has 0 saturated heterocycles. The van der Waals surface area contributed by atoms with Crippen LogP contribution >= 0.6 is 0 Å². The number of hydrogen-bond acceptors (Lipinski definition) is 4. The first kappa shape index (κ1) is 14.6. The number of rotatable bonds is 6. The van der Waals surface area contributed by atoms with Crippen molar-refractivity contribution in [2.24, 2.45) is 0 Å². The molecule has 4 heteroatoms. The van der Waals surface area contributed by atoms with Gasteiger partial charge in [0.1, 0.15) is 23.4 Å². The van der Waals surface area contributed by atoms with Gasteiger partial charge in [-0.1, -0.05) is 29.8 Å². The van der Waals surface area contributed by atoms with Crippen LogP contribution in [0.4, 0.5) is 0 Å². The van der Waals surface area contributed by atoms with Gasteiger partial charge in [-0.25, -0.2) is 0 Å². The number of furan rings is 2. The lowest BCUT2D eigenvalue weighted by atomic mass is 10.1. The summed E-state index contributed by atoms with van der Waals surface area (Å²) in [6, 6.07) is 15.7. The highest BCUT2D eigenvalue weighted by Gasteiger charge is 2.10. The van der Waals surface area contributed by atoms with Gasteiger partial charge in [-0.05, 0) is 31.2 Å². The third kappa shape index (κ3) is 3.47. The minimum atomic E-state index is -0.651. The van der Waals surface area contributed by atoms with Crippen LogP contribution in [0.15, 0.2) is 63.6 Å². The molecule has 0 aliphatic carbocycles. The largest absolute Gasteiger partial charge is 0.467 e. The van der Waals surface area contributed by atoms with Crippen molar-refractivity contribution in [1.82, 2.24) is 5.32 Å². The molecular formula is C18H19NO3. The van der Waals surface area contributed by atoms with Crippen LogP contribution < -0.4 is 5.32 Å². The maximum atomic E-state index is 9.91. The van der Waals surface area contributed by atoms with E-state index in [1.807, 2.05) is 24.3 Å². The number of aryl methyl sites for hydroxylation is 1. The molecule has 3 rings (SSSR count). The third-order valence-electron chi connectivity index (χ3n) is 3.51. The number of hydrogen-bond donors (Lipinski definition) is 2. The van der Waals surface area contributed by atoms with Crippen LogP contribution in [0, 0.1) is 6.92 Å². The van der Waals surface area contributed by atoms with E-state index in [1.54, 1.807) is 18.4 Å². The predicted molar refractivity (Wildman–Crippen MR) is 84.3 cm³/mol. The molecule has 0 bridgehead atoms. The molecule has 0 aliphatic rings. The van der Waals surface area contributed by atoms with Crippen molar-refractivity contribution in [2.75, 3.05) is 6.54 Å². The Bertz CT molecular complexity index is 698. The summed E-state index contributed by atoms with van der Waals surface area (Å²) in [5.74, 6) is 2.25. The average Bonchev–Trinajstić information content (AvgIpc) is 3.19. The van der Waals surface area contributed by atoms with Crippen LogP contribution in [0.2, 0.25) is 0 Å². The van der Waals surface area contributed by atoms with Gasteiger partial charge in [0.15, 0.2) is 0 Å². The molecule has 2 heterocycles. The van der Waals surface area contributed by atoms with Crippen molar-refractivity contribution in [2.45, 2.75) is 19.6 Å². The zero-order valence-electron chi connectivity index (χ0n) is 12.5. The standard InChI is InChI=1S/C18H19NO3/c1-13-4-6-14(7-5-13)17-9-8-15(22-17)11-19-12-16(20)18-3-2-10-21-18/h2-10,16,19-20H,11-12H2,1H3. The molecule has 4 nitrogen and oxygen atoms in total. The second-order valence-corrected chi connectivity index (χ2v) is 5.29. The Balaban J connectivity index is 1.55. The van der Waals surface area contributed by atoms with Crippen molar-refractivity contribution >= 4 is 0 Å². The van der Waals surface area contributed by atoms with Crippen molar-refractivity contribution in [3.8, 4) is 11.3 Å². The topological polar surface area (TPSA) is 58.5 Å². The first-order valence-electron chi connectivity index (χ1n) is 7.30. The van der Waals surface area contributed by atoms with E-state index in [0.717, 1.165) is 17.1 Å². The van der Waals surface area contributed by atoms with E-state index in [0.29, 0.717) is 18.8 Å². The zero-order chi connectivity index (χ0) is 15.4. The summed E-state index contributed by atoms with van der Waals surface area (Å²) in [4.78, 5) is 0. The summed E-state index contributed by atoms with van der Waals surface area (Å²) in [6.45, 7) is 3.03. The Morgan fingerprint density at radius 1 is 1.09 bits per heavy atom. The molecule has 114 valence electrons. The monoisotopic (exact) mass is 297 g/mol. The molecule has 0 fully saturated rings. The minimum absolute atomic E-state index is 0.411. The second-order valence-electron chi connectivity index (χ2n) is 5.29. The maximum Gasteiger partial charge on any atom is 0.134 e. The molecule has 2 N–H and O–H groups in total. The fourth-order valence-corrected chi connectivity index (χ4v) is 2.26. The highest BCUT2D eigenvalue weighted by molar-refractivity contribution is 5.57. The van der Waals surface area contributed by atoms with E-state index in [9.17, 15) is 5.11 Å². The first-order valence-corrected chi connectivity index (χ1v) is 7.30. The smallest absolute Gasteiger partial charge is 0.134 e. The Morgan fingerprint density at radius 3 is 2.64 bits per heavy atom. The number of aliphatic hydroxyl groups excluding tert-OH is 1. The molecule has 1 aromatic carbocycles. The van der Waals surface area contributed by atoms with Crippen molar-refractivity contribution < 1.29 is 13.9 Å². The lowest BCUT2D eigenvalue weighted by molar-refractivity contribution is 0.146. The van der Waals surface area contributed by atoms with Crippen LogP contribution in [0.1, 0.15) is 23.2 Å². The molecule has 0 radical (unpaired) electrons. The molecule has 2 aromatic heterocycles. The van der Waals surface area contributed by atoms with Gasteiger partial charge in [-0.3, -0.25) is 0 Å². The third-order valence-corrected chi connectivity index (χ3v) is 3.51. The molecule has 1 atom stereocenters. The van der Waals surface area contributed by atoms with Crippen LogP contribution in [0.3, 0.4) is 0 Å². The van der Waals surface area contributed by atoms with E-state index < -0.39 is 6.10 Å². The number of nitrogens with one attached hydrogen (secondary N) is 1. The zero-order valence-corrected chi connectivity index (χ0v) is 12.5. The lowest BCUT2D eigenvalue weighted by Gasteiger charge is -2.08. The van der Waals surface area contributed by atoms with Gasteiger partial charge in [-0.2, -0.15) is 0 Å². The molecule has 1 unspecified atom stereocenters. The fourth-order valence-electron chi connectivity index (χ4n) is 2.26. The molecule has 22 heavy (non-hydrogen) atoms. The lowest BCUT2D eigenvalue weighted by Crippen LogP contribution is -2.20. The van der Waals surface area contributed by atoms with Crippen LogP contribution in [-0.2, 0) is 6.54 Å². The normalized spacial score (nSPS) is 12.5. The second kappa shape index (κ2) is 6.64. The number of aliphatic hydroxyl groups is 1. The Labute approximate surface area is 129 Å². The predicted octanol–water partition coefficient (Wildman–Crippen LogP) is 3.67. The molecule has 3 aromatic rings.